The molecule has 1 unspecified atom stereocenters. The lowest BCUT2D eigenvalue weighted by Gasteiger charge is -2.23. The van der Waals surface area contributed by atoms with Gasteiger partial charge in [-0.25, -0.2) is 8.42 Å². The first kappa shape index (κ1) is 18.1. The van der Waals surface area contributed by atoms with E-state index < -0.39 is 9.84 Å². The first-order valence-electron chi connectivity index (χ1n) is 7.21. The Morgan fingerprint density at radius 1 is 1.19 bits per heavy atom. The summed E-state index contributed by atoms with van der Waals surface area (Å²) in [6.45, 7) is 7.69. The molecule has 0 saturated heterocycles. The Morgan fingerprint density at radius 3 is 2.14 bits per heavy atom. The van der Waals surface area contributed by atoms with Crippen molar-refractivity contribution in [3.63, 3.8) is 0 Å². The Morgan fingerprint density at radius 2 is 1.71 bits per heavy atom. The van der Waals surface area contributed by atoms with Gasteiger partial charge in [-0.3, -0.25) is 0 Å². The van der Waals surface area contributed by atoms with E-state index in [9.17, 15) is 8.42 Å². The van der Waals surface area contributed by atoms with Crippen molar-refractivity contribution in [2.45, 2.75) is 32.2 Å². The summed E-state index contributed by atoms with van der Waals surface area (Å²) in [5, 5.41) is 0. The predicted molar refractivity (Wildman–Crippen MR) is 89.3 cm³/mol. The molecule has 1 aromatic rings. The number of rotatable bonds is 6. The van der Waals surface area contributed by atoms with Crippen molar-refractivity contribution in [1.29, 1.82) is 0 Å². The summed E-state index contributed by atoms with van der Waals surface area (Å²) < 4.78 is 22.3. The molecule has 0 heterocycles. The van der Waals surface area contributed by atoms with Crippen LogP contribution in [-0.4, -0.2) is 45.5 Å². The molecule has 0 aliphatic carbocycles. The first-order chi connectivity index (χ1) is 9.49. The lowest BCUT2D eigenvalue weighted by atomic mass is 9.86. The topological polar surface area (TPSA) is 63.4 Å². The maximum Gasteiger partial charge on any atom is 0.148 e. The average Bonchev–Trinajstić information content (AvgIpc) is 2.34. The van der Waals surface area contributed by atoms with Gasteiger partial charge in [0.2, 0.25) is 0 Å². The molecule has 5 heteroatoms. The highest BCUT2D eigenvalue weighted by atomic mass is 32.2. The number of hydrogen-bond acceptors (Lipinski definition) is 4. The molecule has 4 nitrogen and oxygen atoms in total. The number of nitrogens with zero attached hydrogens (tertiary/aromatic N) is 1. The molecule has 0 saturated carbocycles. The molecule has 0 aliphatic rings. The van der Waals surface area contributed by atoms with Crippen LogP contribution in [0.15, 0.2) is 24.3 Å². The highest BCUT2D eigenvalue weighted by molar-refractivity contribution is 7.90. The lowest BCUT2D eigenvalue weighted by Crippen LogP contribution is -2.32. The van der Waals surface area contributed by atoms with Crippen LogP contribution in [-0.2, 0) is 15.3 Å². The fourth-order valence-corrected chi connectivity index (χ4v) is 2.73. The Kier molecular flexibility index (Phi) is 5.96. The molecule has 21 heavy (non-hydrogen) atoms. The van der Waals surface area contributed by atoms with Crippen LogP contribution in [0.2, 0.25) is 0 Å². The van der Waals surface area contributed by atoms with E-state index in [-0.39, 0.29) is 17.2 Å². The SMILES string of the molecule is CN(CCS(C)(=O)=O)CC(N)c1ccc(C(C)(C)C)cc1. The highest BCUT2D eigenvalue weighted by Gasteiger charge is 2.15. The van der Waals surface area contributed by atoms with Gasteiger partial charge in [-0.1, -0.05) is 45.0 Å². The van der Waals surface area contributed by atoms with Crippen molar-refractivity contribution in [2.75, 3.05) is 32.1 Å². The van der Waals surface area contributed by atoms with Gasteiger partial charge in [-0.05, 0) is 23.6 Å². The Labute approximate surface area is 129 Å². The zero-order valence-electron chi connectivity index (χ0n) is 13.8. The summed E-state index contributed by atoms with van der Waals surface area (Å²) in [4.78, 5) is 1.96. The number of sulfone groups is 1. The van der Waals surface area contributed by atoms with Crippen LogP contribution in [0.5, 0.6) is 0 Å². The maximum absolute atomic E-state index is 11.2. The van der Waals surface area contributed by atoms with E-state index in [2.05, 4.69) is 45.0 Å². The van der Waals surface area contributed by atoms with Gasteiger partial charge in [0.05, 0.1) is 5.75 Å². The van der Waals surface area contributed by atoms with E-state index in [0.29, 0.717) is 13.1 Å². The van der Waals surface area contributed by atoms with Crippen molar-refractivity contribution < 1.29 is 8.42 Å². The van der Waals surface area contributed by atoms with Crippen LogP contribution < -0.4 is 5.73 Å². The molecule has 2 N–H and O–H groups in total. The Bertz CT molecular complexity index is 545. The quantitative estimate of drug-likeness (QED) is 0.872. The van der Waals surface area contributed by atoms with Crippen LogP contribution in [0.1, 0.15) is 37.9 Å². The predicted octanol–water partition coefficient (Wildman–Crippen LogP) is 1.96. The van der Waals surface area contributed by atoms with Gasteiger partial charge in [0, 0.05) is 25.4 Å². The van der Waals surface area contributed by atoms with Crippen LogP contribution in [0.25, 0.3) is 0 Å². The summed E-state index contributed by atoms with van der Waals surface area (Å²) in [7, 11) is -1.03. The lowest BCUT2D eigenvalue weighted by molar-refractivity contribution is 0.329. The second-order valence-corrected chi connectivity index (χ2v) is 9.13. The van der Waals surface area contributed by atoms with E-state index in [1.54, 1.807) is 0 Å². The summed E-state index contributed by atoms with van der Waals surface area (Å²) in [6, 6.07) is 8.26. The van der Waals surface area contributed by atoms with E-state index >= 15 is 0 Å². The van der Waals surface area contributed by atoms with Crippen molar-refractivity contribution in [2.24, 2.45) is 5.73 Å². The third-order valence-corrected chi connectivity index (χ3v) is 4.48. The summed E-state index contributed by atoms with van der Waals surface area (Å²) in [5.41, 5.74) is 8.70. The number of benzene rings is 1. The zero-order chi connectivity index (χ0) is 16.3. The summed E-state index contributed by atoms with van der Waals surface area (Å²) in [5.74, 6) is 0.166. The molecule has 0 fully saturated rings. The normalized spacial score (nSPS) is 14.4. The van der Waals surface area contributed by atoms with Crippen molar-refractivity contribution in [3.05, 3.63) is 35.4 Å². The number of nitrogens with two attached hydrogens (primary N) is 1. The third kappa shape index (κ3) is 6.59. The fourth-order valence-electron chi connectivity index (χ4n) is 2.08. The molecule has 1 atom stereocenters. The van der Waals surface area contributed by atoms with Gasteiger partial charge in [-0.2, -0.15) is 0 Å². The number of hydrogen-bond donors (Lipinski definition) is 1. The molecule has 0 radical (unpaired) electrons. The maximum atomic E-state index is 11.2. The van der Waals surface area contributed by atoms with Gasteiger partial charge in [0.1, 0.15) is 9.84 Å². The van der Waals surface area contributed by atoms with E-state index in [0.717, 1.165) is 5.56 Å². The molecule has 0 bridgehead atoms. The van der Waals surface area contributed by atoms with E-state index in [4.69, 9.17) is 5.73 Å². The number of likely N-dealkylation sites (N-methyl/N-ethyl adjacent to an activating group) is 1. The highest BCUT2D eigenvalue weighted by Crippen LogP contribution is 2.23. The monoisotopic (exact) mass is 312 g/mol. The first-order valence-corrected chi connectivity index (χ1v) is 9.27. The van der Waals surface area contributed by atoms with Gasteiger partial charge in [-0.15, -0.1) is 0 Å². The molecule has 0 aromatic heterocycles. The van der Waals surface area contributed by atoms with E-state index in [1.807, 2.05) is 11.9 Å². The third-order valence-electron chi connectivity index (χ3n) is 3.56. The van der Waals surface area contributed by atoms with Gasteiger partial charge in [0.25, 0.3) is 0 Å². The van der Waals surface area contributed by atoms with Crippen LogP contribution in [0.3, 0.4) is 0 Å². The van der Waals surface area contributed by atoms with Crippen molar-refractivity contribution in [3.8, 4) is 0 Å². The van der Waals surface area contributed by atoms with Crippen molar-refractivity contribution in [1.82, 2.24) is 4.90 Å². The zero-order valence-corrected chi connectivity index (χ0v) is 14.6. The Hall–Kier alpha value is -0.910. The molecule has 0 spiro atoms. The minimum Gasteiger partial charge on any atom is -0.323 e. The summed E-state index contributed by atoms with van der Waals surface area (Å²) >= 11 is 0. The Balaban J connectivity index is 2.61. The molecule has 1 rings (SSSR count). The minimum atomic E-state index is -2.92. The molecular weight excluding hydrogens is 284 g/mol. The largest absolute Gasteiger partial charge is 0.323 e. The van der Waals surface area contributed by atoms with Crippen molar-refractivity contribution >= 4 is 9.84 Å². The van der Waals surface area contributed by atoms with Gasteiger partial charge in [0.15, 0.2) is 0 Å². The molecule has 120 valence electrons. The fraction of sp³-hybridized carbons (Fsp3) is 0.625. The van der Waals surface area contributed by atoms with Crippen LogP contribution in [0, 0.1) is 0 Å². The van der Waals surface area contributed by atoms with Gasteiger partial charge < -0.3 is 10.6 Å². The average molecular weight is 312 g/mol. The molecule has 0 aliphatic heterocycles. The van der Waals surface area contributed by atoms with E-state index in [1.165, 1.54) is 11.8 Å². The standard InChI is InChI=1S/C16H28N2O2S/c1-16(2,3)14-8-6-13(7-9-14)15(17)12-18(4)10-11-21(5,19)20/h6-9,15H,10-12,17H2,1-5H3. The van der Waals surface area contributed by atoms with Crippen LogP contribution in [0.4, 0.5) is 0 Å². The smallest absolute Gasteiger partial charge is 0.148 e. The molecule has 1 aromatic carbocycles. The molecule has 0 amide bonds. The second kappa shape index (κ2) is 6.90. The summed E-state index contributed by atoms with van der Waals surface area (Å²) in [6.07, 6.45) is 1.26. The minimum absolute atomic E-state index is 0.108. The van der Waals surface area contributed by atoms with Crippen LogP contribution >= 0.6 is 0 Å². The molecular formula is C16H28N2O2S. The van der Waals surface area contributed by atoms with Gasteiger partial charge >= 0.3 is 0 Å². The second-order valence-electron chi connectivity index (χ2n) is 6.87.